The van der Waals surface area contributed by atoms with E-state index in [2.05, 4.69) is 11.1 Å². The van der Waals surface area contributed by atoms with Gasteiger partial charge in [0.1, 0.15) is 0 Å². The van der Waals surface area contributed by atoms with E-state index in [0.29, 0.717) is 0 Å². The zero-order valence-electron chi connectivity index (χ0n) is 7.57. The molecule has 1 aliphatic rings. The zero-order chi connectivity index (χ0) is 9.10. The zero-order valence-corrected chi connectivity index (χ0v) is 8.39. The first kappa shape index (κ1) is 8.91. The third-order valence-corrected chi connectivity index (χ3v) is 3.34. The molecule has 1 aliphatic carbocycles. The Morgan fingerprint density at radius 3 is 3.00 bits per heavy atom. The molecule has 0 amide bonds. The van der Waals surface area contributed by atoms with Crippen molar-refractivity contribution in [1.29, 1.82) is 0 Å². The molecular weight excluding hydrogens is 180 g/mol. The van der Waals surface area contributed by atoms with Gasteiger partial charge in [-0.3, -0.25) is 4.98 Å². The standard InChI is InChI=1S/C10H14N2S/c11-10(9-6-12-7-13-9)8-4-2-1-3-5-8/h4,6-7,10H,1-3,5,11H2. The predicted octanol–water partition coefficient (Wildman–Crippen LogP) is 2.64. The Morgan fingerprint density at radius 2 is 2.38 bits per heavy atom. The summed E-state index contributed by atoms with van der Waals surface area (Å²) in [7, 11) is 0. The van der Waals surface area contributed by atoms with Crippen LogP contribution in [0.1, 0.15) is 36.6 Å². The molecule has 0 bridgehead atoms. The molecule has 70 valence electrons. The maximum absolute atomic E-state index is 6.12. The minimum absolute atomic E-state index is 0.104. The first-order valence-electron chi connectivity index (χ1n) is 4.71. The van der Waals surface area contributed by atoms with E-state index in [1.807, 2.05) is 11.7 Å². The summed E-state index contributed by atoms with van der Waals surface area (Å²) in [5, 5.41) is 0. The van der Waals surface area contributed by atoms with Crippen LogP contribution in [-0.2, 0) is 0 Å². The normalized spacial score (nSPS) is 19.6. The van der Waals surface area contributed by atoms with E-state index in [1.165, 1.54) is 36.1 Å². The number of allylic oxidation sites excluding steroid dienone is 1. The second-order valence-corrected chi connectivity index (χ2v) is 4.32. The summed E-state index contributed by atoms with van der Waals surface area (Å²) in [6.07, 6.45) is 9.15. The SMILES string of the molecule is NC(C1=CCCCC1)c1cncs1. The largest absolute Gasteiger partial charge is 0.320 e. The van der Waals surface area contributed by atoms with E-state index in [0.717, 1.165) is 0 Å². The highest BCUT2D eigenvalue weighted by Gasteiger charge is 2.14. The van der Waals surface area contributed by atoms with Crippen LogP contribution in [0.5, 0.6) is 0 Å². The van der Waals surface area contributed by atoms with Gasteiger partial charge in [0, 0.05) is 11.1 Å². The molecule has 0 radical (unpaired) electrons. The highest BCUT2D eigenvalue weighted by molar-refractivity contribution is 7.09. The van der Waals surface area contributed by atoms with Gasteiger partial charge in [0.15, 0.2) is 0 Å². The molecule has 0 aromatic carbocycles. The molecule has 1 heterocycles. The van der Waals surface area contributed by atoms with Crippen molar-refractivity contribution in [2.45, 2.75) is 31.7 Å². The van der Waals surface area contributed by atoms with Gasteiger partial charge in [-0.1, -0.05) is 11.6 Å². The second-order valence-electron chi connectivity index (χ2n) is 3.41. The summed E-state index contributed by atoms with van der Waals surface area (Å²) >= 11 is 1.65. The fourth-order valence-corrected chi connectivity index (χ4v) is 2.37. The molecule has 0 saturated heterocycles. The Labute approximate surface area is 82.5 Å². The Morgan fingerprint density at radius 1 is 1.46 bits per heavy atom. The lowest BCUT2D eigenvalue weighted by Gasteiger charge is -2.17. The van der Waals surface area contributed by atoms with E-state index in [-0.39, 0.29) is 6.04 Å². The molecule has 1 unspecified atom stereocenters. The van der Waals surface area contributed by atoms with E-state index in [1.54, 1.807) is 11.3 Å². The first-order valence-corrected chi connectivity index (χ1v) is 5.59. The van der Waals surface area contributed by atoms with E-state index < -0.39 is 0 Å². The third kappa shape index (κ3) is 1.98. The summed E-state index contributed by atoms with van der Waals surface area (Å²) in [5.41, 5.74) is 9.36. The van der Waals surface area contributed by atoms with E-state index >= 15 is 0 Å². The Bertz CT molecular complexity index is 290. The Balaban J connectivity index is 2.12. The molecule has 3 heteroatoms. The molecule has 2 N–H and O–H groups in total. The summed E-state index contributed by atoms with van der Waals surface area (Å²) in [4.78, 5) is 5.24. The topological polar surface area (TPSA) is 38.9 Å². The van der Waals surface area contributed by atoms with Gasteiger partial charge in [-0.2, -0.15) is 0 Å². The average molecular weight is 194 g/mol. The van der Waals surface area contributed by atoms with Crippen LogP contribution in [-0.4, -0.2) is 4.98 Å². The van der Waals surface area contributed by atoms with Crippen LogP contribution in [0.4, 0.5) is 0 Å². The van der Waals surface area contributed by atoms with Crippen molar-refractivity contribution < 1.29 is 0 Å². The van der Waals surface area contributed by atoms with Gasteiger partial charge in [0.25, 0.3) is 0 Å². The minimum Gasteiger partial charge on any atom is -0.320 e. The van der Waals surface area contributed by atoms with Gasteiger partial charge in [-0.05, 0) is 25.7 Å². The molecule has 0 aliphatic heterocycles. The van der Waals surface area contributed by atoms with Crippen molar-refractivity contribution in [3.63, 3.8) is 0 Å². The van der Waals surface area contributed by atoms with Gasteiger partial charge >= 0.3 is 0 Å². The monoisotopic (exact) mass is 194 g/mol. The second kappa shape index (κ2) is 4.03. The molecule has 0 spiro atoms. The molecule has 2 nitrogen and oxygen atoms in total. The molecule has 13 heavy (non-hydrogen) atoms. The number of aromatic nitrogens is 1. The quantitative estimate of drug-likeness (QED) is 0.735. The molecule has 1 atom stereocenters. The number of nitrogens with zero attached hydrogens (tertiary/aromatic N) is 1. The third-order valence-electron chi connectivity index (χ3n) is 2.48. The van der Waals surface area contributed by atoms with Crippen LogP contribution in [0.2, 0.25) is 0 Å². The average Bonchev–Trinajstić information content (AvgIpc) is 2.71. The number of nitrogens with two attached hydrogens (primary N) is 1. The number of hydrogen-bond acceptors (Lipinski definition) is 3. The summed E-state index contributed by atoms with van der Waals surface area (Å²) < 4.78 is 0. The van der Waals surface area contributed by atoms with E-state index in [9.17, 15) is 0 Å². The molecule has 1 aromatic heterocycles. The highest BCUT2D eigenvalue weighted by Crippen LogP contribution is 2.29. The molecule has 1 aromatic rings. The fourth-order valence-electron chi connectivity index (χ4n) is 1.71. The Kier molecular flexibility index (Phi) is 2.76. The van der Waals surface area contributed by atoms with Crippen molar-refractivity contribution in [3.05, 3.63) is 28.2 Å². The smallest absolute Gasteiger partial charge is 0.0794 e. The summed E-state index contributed by atoms with van der Waals surface area (Å²) in [6.45, 7) is 0. The maximum Gasteiger partial charge on any atom is 0.0794 e. The van der Waals surface area contributed by atoms with Crippen LogP contribution in [0, 0.1) is 0 Å². The number of hydrogen-bond donors (Lipinski definition) is 1. The number of thiazole rings is 1. The minimum atomic E-state index is 0.104. The van der Waals surface area contributed by atoms with Crippen LogP contribution in [0.3, 0.4) is 0 Å². The van der Waals surface area contributed by atoms with Crippen LogP contribution in [0.25, 0.3) is 0 Å². The maximum atomic E-state index is 6.12. The highest BCUT2D eigenvalue weighted by atomic mass is 32.1. The van der Waals surface area contributed by atoms with E-state index in [4.69, 9.17) is 5.73 Å². The van der Waals surface area contributed by atoms with Gasteiger partial charge in [-0.25, -0.2) is 0 Å². The molecule has 2 rings (SSSR count). The lowest BCUT2D eigenvalue weighted by molar-refractivity contribution is 0.652. The van der Waals surface area contributed by atoms with Crippen LogP contribution in [0.15, 0.2) is 23.4 Å². The van der Waals surface area contributed by atoms with Crippen molar-refractivity contribution in [2.75, 3.05) is 0 Å². The lowest BCUT2D eigenvalue weighted by atomic mass is 9.94. The van der Waals surface area contributed by atoms with Crippen LogP contribution >= 0.6 is 11.3 Å². The summed E-state index contributed by atoms with van der Waals surface area (Å²) in [6, 6.07) is 0.104. The van der Waals surface area contributed by atoms with Gasteiger partial charge < -0.3 is 5.73 Å². The van der Waals surface area contributed by atoms with Gasteiger partial charge in [0.05, 0.1) is 11.6 Å². The van der Waals surface area contributed by atoms with Gasteiger partial charge in [0.2, 0.25) is 0 Å². The lowest BCUT2D eigenvalue weighted by Crippen LogP contribution is -2.13. The van der Waals surface area contributed by atoms with Crippen molar-refractivity contribution in [3.8, 4) is 0 Å². The van der Waals surface area contributed by atoms with Crippen molar-refractivity contribution in [1.82, 2.24) is 4.98 Å². The fraction of sp³-hybridized carbons (Fsp3) is 0.500. The Hall–Kier alpha value is -0.670. The molecule has 0 fully saturated rings. The van der Waals surface area contributed by atoms with Crippen molar-refractivity contribution in [2.24, 2.45) is 5.73 Å². The van der Waals surface area contributed by atoms with Crippen molar-refractivity contribution >= 4 is 11.3 Å². The summed E-state index contributed by atoms with van der Waals surface area (Å²) in [5.74, 6) is 0. The predicted molar refractivity (Wildman–Crippen MR) is 55.6 cm³/mol. The molecule has 0 saturated carbocycles. The number of rotatable bonds is 2. The molecular formula is C10H14N2S. The first-order chi connectivity index (χ1) is 6.38. The van der Waals surface area contributed by atoms with Crippen LogP contribution < -0.4 is 5.73 Å². The van der Waals surface area contributed by atoms with Gasteiger partial charge in [-0.15, -0.1) is 11.3 Å².